The summed E-state index contributed by atoms with van der Waals surface area (Å²) in [4.78, 5) is -0.976. The number of nitrogens with zero attached hydrogens (tertiary/aromatic N) is 1. The normalized spacial score (nSPS) is 15.7. The molecule has 0 aliphatic rings. The SMILES string of the molecule is C/C=C/c1oc(C)cc1S(=O)(=O)C(S(=O)(=O)N(C)C)S(=O)(=O)C(F)(F)F. The first-order chi connectivity index (χ1) is 11.5. The van der Waals surface area contributed by atoms with Gasteiger partial charge >= 0.3 is 5.51 Å². The number of sulfonamides is 1. The Morgan fingerprint density at radius 2 is 1.62 bits per heavy atom. The second-order valence-corrected chi connectivity index (χ2v) is 12.4. The van der Waals surface area contributed by atoms with Gasteiger partial charge in [0, 0.05) is 14.1 Å². The Hall–Kier alpha value is -1.38. The molecule has 0 bridgehead atoms. The molecule has 1 aromatic rings. The van der Waals surface area contributed by atoms with Gasteiger partial charge in [0.1, 0.15) is 16.4 Å². The van der Waals surface area contributed by atoms with Gasteiger partial charge in [-0.05, 0) is 26.0 Å². The summed E-state index contributed by atoms with van der Waals surface area (Å²) in [6.45, 7) is 2.70. The molecule has 0 aliphatic heterocycles. The molecule has 0 aliphatic carbocycles. The van der Waals surface area contributed by atoms with Crippen molar-refractivity contribution in [1.82, 2.24) is 4.31 Å². The molecule has 0 radical (unpaired) electrons. The lowest BCUT2D eigenvalue weighted by atomic mass is 10.4. The predicted molar refractivity (Wildman–Crippen MR) is 86.7 cm³/mol. The topological polar surface area (TPSA) is 119 Å². The largest absolute Gasteiger partial charge is 0.499 e. The number of hydrogen-bond acceptors (Lipinski definition) is 7. The molecule has 0 spiro atoms. The zero-order valence-electron chi connectivity index (χ0n) is 14.0. The molecule has 0 saturated carbocycles. The molecule has 1 aromatic heterocycles. The van der Waals surface area contributed by atoms with Gasteiger partial charge < -0.3 is 4.42 Å². The summed E-state index contributed by atoms with van der Waals surface area (Å²) in [5.41, 5.74) is -6.12. The first-order valence-electron chi connectivity index (χ1n) is 6.69. The first kappa shape index (κ1) is 22.7. The smallest absolute Gasteiger partial charge is 0.461 e. The number of allylic oxidation sites excluding steroid dienone is 1. The van der Waals surface area contributed by atoms with E-state index in [9.17, 15) is 38.4 Å². The van der Waals surface area contributed by atoms with E-state index in [1.807, 2.05) is 0 Å². The molecule has 1 heterocycles. The highest BCUT2D eigenvalue weighted by Gasteiger charge is 2.62. The van der Waals surface area contributed by atoms with Crippen LogP contribution in [0.15, 0.2) is 21.5 Å². The molecule has 0 saturated heterocycles. The fourth-order valence-electron chi connectivity index (χ4n) is 1.87. The van der Waals surface area contributed by atoms with Crippen LogP contribution in [0.3, 0.4) is 0 Å². The van der Waals surface area contributed by atoms with Crippen LogP contribution in [0.5, 0.6) is 0 Å². The number of sulfone groups is 2. The van der Waals surface area contributed by atoms with E-state index in [1.165, 1.54) is 19.9 Å². The van der Waals surface area contributed by atoms with Crippen LogP contribution in [0.4, 0.5) is 13.2 Å². The van der Waals surface area contributed by atoms with Crippen molar-refractivity contribution in [2.24, 2.45) is 0 Å². The third-order valence-electron chi connectivity index (χ3n) is 3.05. The zero-order chi connectivity index (χ0) is 20.7. The van der Waals surface area contributed by atoms with Gasteiger partial charge in [-0.25, -0.2) is 29.6 Å². The Morgan fingerprint density at radius 1 is 1.12 bits per heavy atom. The van der Waals surface area contributed by atoms with Crippen molar-refractivity contribution >= 4 is 35.8 Å². The molecule has 14 heteroatoms. The Bertz CT molecular complexity index is 1020. The van der Waals surface area contributed by atoms with Gasteiger partial charge in [-0.3, -0.25) is 0 Å². The zero-order valence-corrected chi connectivity index (χ0v) is 16.4. The van der Waals surface area contributed by atoms with Gasteiger partial charge in [-0.15, -0.1) is 0 Å². The highest BCUT2D eigenvalue weighted by Crippen LogP contribution is 2.37. The van der Waals surface area contributed by atoms with Gasteiger partial charge in [-0.1, -0.05) is 6.08 Å². The number of furan rings is 1. The summed E-state index contributed by atoms with van der Waals surface area (Å²) in [6, 6.07) is 0.759. The maximum absolute atomic E-state index is 13.0. The van der Waals surface area contributed by atoms with E-state index in [0.717, 1.165) is 26.2 Å². The molecular weight excluding hydrogens is 423 g/mol. The molecule has 150 valence electrons. The lowest BCUT2D eigenvalue weighted by Crippen LogP contribution is -2.48. The Morgan fingerprint density at radius 3 is 2.00 bits per heavy atom. The molecule has 0 fully saturated rings. The van der Waals surface area contributed by atoms with Crippen LogP contribution in [0.2, 0.25) is 0 Å². The lowest BCUT2D eigenvalue weighted by molar-refractivity contribution is -0.0434. The molecule has 1 atom stereocenters. The molecule has 1 unspecified atom stereocenters. The van der Waals surface area contributed by atoms with Crippen molar-refractivity contribution in [3.8, 4) is 0 Å². The summed E-state index contributed by atoms with van der Waals surface area (Å²) in [6.07, 6.45) is 2.34. The van der Waals surface area contributed by atoms with Gasteiger partial charge in [0.15, 0.2) is 0 Å². The number of rotatable bonds is 6. The summed E-state index contributed by atoms with van der Waals surface area (Å²) in [5, 5.41) is 0. The third-order valence-corrected chi connectivity index (χ3v) is 11.6. The molecule has 0 N–H and O–H groups in total. The van der Waals surface area contributed by atoms with E-state index >= 15 is 0 Å². The lowest BCUT2D eigenvalue weighted by Gasteiger charge is -2.22. The van der Waals surface area contributed by atoms with Crippen LogP contribution < -0.4 is 0 Å². The molecule has 1 rings (SSSR count). The summed E-state index contributed by atoms with van der Waals surface area (Å²) >= 11 is 0. The van der Waals surface area contributed by atoms with Crippen LogP contribution >= 0.6 is 0 Å². The molecule has 0 amide bonds. The van der Waals surface area contributed by atoms with Crippen LogP contribution in [0, 0.1) is 6.92 Å². The molecular formula is C12H16F3NO7S3. The van der Waals surface area contributed by atoms with Crippen molar-refractivity contribution in [2.75, 3.05) is 14.1 Å². The minimum Gasteiger partial charge on any atom is -0.461 e. The minimum atomic E-state index is -6.65. The second-order valence-electron chi connectivity index (χ2n) is 5.24. The Balaban J connectivity index is 3.97. The fourth-order valence-corrected chi connectivity index (χ4v) is 9.57. The van der Waals surface area contributed by atoms with E-state index in [0.29, 0.717) is 0 Å². The van der Waals surface area contributed by atoms with Crippen molar-refractivity contribution in [1.29, 1.82) is 0 Å². The Kier molecular flexibility index (Phi) is 6.08. The predicted octanol–water partition coefficient (Wildman–Crippen LogP) is 1.50. The van der Waals surface area contributed by atoms with E-state index in [2.05, 4.69) is 0 Å². The standard InChI is InChI=1S/C12H16F3NO7S3/c1-5-6-9-10(7-8(2)23-9)24(17,18)11(26(21,22)16(3)4)25(19,20)12(13,14)15/h5-7,11H,1-4H3/b6-5+. The Labute approximate surface area is 149 Å². The van der Waals surface area contributed by atoms with E-state index in [4.69, 9.17) is 4.42 Å². The van der Waals surface area contributed by atoms with Crippen LogP contribution in [0.1, 0.15) is 18.4 Å². The van der Waals surface area contributed by atoms with Crippen molar-refractivity contribution in [3.05, 3.63) is 23.7 Å². The number of aryl methyl sites for hydroxylation is 1. The molecule has 26 heavy (non-hydrogen) atoms. The van der Waals surface area contributed by atoms with Gasteiger partial charge in [0.25, 0.3) is 13.8 Å². The summed E-state index contributed by atoms with van der Waals surface area (Å²) in [7, 11) is -16.2. The molecule has 8 nitrogen and oxygen atoms in total. The quantitative estimate of drug-likeness (QED) is 0.659. The number of hydrogen-bond donors (Lipinski definition) is 0. The average Bonchev–Trinajstić information content (AvgIpc) is 2.78. The third kappa shape index (κ3) is 3.82. The van der Waals surface area contributed by atoms with Crippen LogP contribution in [-0.2, 0) is 29.7 Å². The van der Waals surface area contributed by atoms with Crippen LogP contribution in [0.25, 0.3) is 6.08 Å². The maximum Gasteiger partial charge on any atom is 0.499 e. The molecule has 0 aromatic carbocycles. The van der Waals surface area contributed by atoms with E-state index in [-0.39, 0.29) is 10.1 Å². The second kappa shape index (κ2) is 6.98. The van der Waals surface area contributed by atoms with E-state index < -0.39 is 49.8 Å². The highest BCUT2D eigenvalue weighted by molar-refractivity contribution is 8.23. The van der Waals surface area contributed by atoms with Gasteiger partial charge in [-0.2, -0.15) is 13.2 Å². The average molecular weight is 439 g/mol. The van der Waals surface area contributed by atoms with Crippen LogP contribution in [-0.4, -0.2) is 53.1 Å². The summed E-state index contributed by atoms with van der Waals surface area (Å²) < 4.78 is 114. The van der Waals surface area contributed by atoms with Crippen molar-refractivity contribution < 1.29 is 42.8 Å². The van der Waals surface area contributed by atoms with Crippen molar-refractivity contribution in [3.63, 3.8) is 0 Å². The summed E-state index contributed by atoms with van der Waals surface area (Å²) in [5.74, 6) is -0.552. The van der Waals surface area contributed by atoms with Gasteiger partial charge in [0.05, 0.1) is 0 Å². The van der Waals surface area contributed by atoms with Gasteiger partial charge in [0.2, 0.25) is 19.9 Å². The first-order valence-corrected chi connectivity index (χ1v) is 11.3. The number of alkyl halides is 3. The maximum atomic E-state index is 13.0. The minimum absolute atomic E-state index is 0.0675. The number of halogens is 3. The van der Waals surface area contributed by atoms with Crippen molar-refractivity contribution in [2.45, 2.75) is 28.2 Å². The monoisotopic (exact) mass is 439 g/mol. The highest BCUT2D eigenvalue weighted by atomic mass is 32.3. The fraction of sp³-hybridized carbons (Fsp3) is 0.500. The van der Waals surface area contributed by atoms with E-state index in [1.54, 1.807) is 0 Å².